The molecule has 0 saturated carbocycles. The van der Waals surface area contributed by atoms with Crippen LogP contribution in [0.2, 0.25) is 5.02 Å². The van der Waals surface area contributed by atoms with E-state index in [2.05, 4.69) is 10.1 Å². The molecule has 0 aliphatic heterocycles. The van der Waals surface area contributed by atoms with Gasteiger partial charge in [0.15, 0.2) is 5.65 Å². The first-order valence-electron chi connectivity index (χ1n) is 8.39. The molecule has 0 atom stereocenters. The molecule has 0 aliphatic rings. The van der Waals surface area contributed by atoms with Gasteiger partial charge in [-0.3, -0.25) is 9.36 Å². The van der Waals surface area contributed by atoms with Crippen molar-refractivity contribution < 1.29 is 4.39 Å². The van der Waals surface area contributed by atoms with Crippen LogP contribution in [0.25, 0.3) is 16.7 Å². The quantitative estimate of drug-likeness (QED) is 0.537. The lowest BCUT2D eigenvalue weighted by Crippen LogP contribution is -2.21. The molecular formula is C20H16ClFN4O. The summed E-state index contributed by atoms with van der Waals surface area (Å²) in [5.74, 6) is -0.458. The molecule has 7 heteroatoms. The number of rotatable bonds is 3. The van der Waals surface area contributed by atoms with Crippen molar-refractivity contribution in [2.24, 2.45) is 0 Å². The van der Waals surface area contributed by atoms with Crippen molar-refractivity contribution >= 4 is 22.6 Å². The number of hydrogen-bond acceptors (Lipinski definition) is 3. The second-order valence-corrected chi connectivity index (χ2v) is 6.85. The van der Waals surface area contributed by atoms with E-state index in [-0.39, 0.29) is 22.7 Å². The summed E-state index contributed by atoms with van der Waals surface area (Å²) >= 11 is 6.07. The Bertz CT molecular complexity index is 1210. The molecule has 27 heavy (non-hydrogen) atoms. The average Bonchev–Trinajstić information content (AvgIpc) is 3.07. The number of nitrogens with zero attached hydrogens (tertiary/aromatic N) is 4. The first-order chi connectivity index (χ1) is 13.0. The Kier molecular flexibility index (Phi) is 4.28. The molecule has 0 fully saturated rings. The van der Waals surface area contributed by atoms with Crippen LogP contribution < -0.4 is 5.56 Å². The highest BCUT2D eigenvalue weighted by Crippen LogP contribution is 2.20. The molecule has 0 aliphatic carbocycles. The van der Waals surface area contributed by atoms with Crippen molar-refractivity contribution in [3.63, 3.8) is 0 Å². The van der Waals surface area contributed by atoms with Gasteiger partial charge in [0, 0.05) is 10.6 Å². The van der Waals surface area contributed by atoms with E-state index in [4.69, 9.17) is 11.6 Å². The van der Waals surface area contributed by atoms with Gasteiger partial charge in [-0.05, 0) is 49.2 Å². The monoisotopic (exact) mass is 382 g/mol. The summed E-state index contributed by atoms with van der Waals surface area (Å²) < 4.78 is 17.0. The predicted molar refractivity (Wildman–Crippen MR) is 103 cm³/mol. The van der Waals surface area contributed by atoms with Crippen LogP contribution in [0.5, 0.6) is 0 Å². The first-order valence-corrected chi connectivity index (χ1v) is 8.77. The lowest BCUT2D eigenvalue weighted by atomic mass is 10.1. The average molecular weight is 383 g/mol. The van der Waals surface area contributed by atoms with Gasteiger partial charge in [0.2, 0.25) is 0 Å². The standard InChI is InChI=1S/C20H16ClFN4O/c1-12-6-7-14(8-13(12)2)26-19-15(9-24-26)20(27)25(11-23-19)10-16-17(21)4-3-5-18(16)22/h3-9,11H,10H2,1-2H3. The third-order valence-electron chi connectivity index (χ3n) is 4.68. The molecule has 136 valence electrons. The minimum atomic E-state index is -0.458. The van der Waals surface area contributed by atoms with Crippen LogP contribution in [0.4, 0.5) is 4.39 Å². The molecule has 0 bridgehead atoms. The molecule has 5 nitrogen and oxygen atoms in total. The van der Waals surface area contributed by atoms with Crippen molar-refractivity contribution in [3.8, 4) is 5.69 Å². The van der Waals surface area contributed by atoms with Crippen molar-refractivity contribution in [3.05, 3.63) is 86.8 Å². The smallest absolute Gasteiger partial charge is 0.264 e. The Hall–Kier alpha value is -2.99. The maximum Gasteiger partial charge on any atom is 0.264 e. The Morgan fingerprint density at radius 3 is 2.70 bits per heavy atom. The molecule has 2 aromatic heterocycles. The van der Waals surface area contributed by atoms with Crippen LogP contribution in [0.1, 0.15) is 16.7 Å². The SMILES string of the molecule is Cc1ccc(-n2ncc3c(=O)n(Cc4c(F)cccc4Cl)cnc32)cc1C. The number of aromatic nitrogens is 4. The van der Waals surface area contributed by atoms with Crippen molar-refractivity contribution in [2.45, 2.75) is 20.4 Å². The van der Waals surface area contributed by atoms with Crippen LogP contribution >= 0.6 is 11.6 Å². The Morgan fingerprint density at radius 1 is 1.15 bits per heavy atom. The minimum absolute atomic E-state index is 0.00208. The van der Waals surface area contributed by atoms with E-state index in [9.17, 15) is 9.18 Å². The third-order valence-corrected chi connectivity index (χ3v) is 5.03. The highest BCUT2D eigenvalue weighted by molar-refractivity contribution is 6.31. The molecule has 0 unspecified atom stereocenters. The fourth-order valence-corrected chi connectivity index (χ4v) is 3.18. The lowest BCUT2D eigenvalue weighted by Gasteiger charge is -2.09. The molecule has 4 aromatic rings. The Morgan fingerprint density at radius 2 is 1.96 bits per heavy atom. The summed E-state index contributed by atoms with van der Waals surface area (Å²) in [6, 6.07) is 10.4. The van der Waals surface area contributed by atoms with E-state index < -0.39 is 5.82 Å². The third kappa shape index (κ3) is 3.02. The number of halogens is 2. The zero-order valence-corrected chi connectivity index (χ0v) is 15.5. The van der Waals surface area contributed by atoms with Crippen LogP contribution in [-0.2, 0) is 6.54 Å². The van der Waals surface area contributed by atoms with Crippen molar-refractivity contribution in [1.29, 1.82) is 0 Å². The molecule has 2 heterocycles. The molecule has 2 aromatic carbocycles. The lowest BCUT2D eigenvalue weighted by molar-refractivity contribution is 0.595. The summed E-state index contributed by atoms with van der Waals surface area (Å²) in [6.07, 6.45) is 2.88. The fraction of sp³-hybridized carbons (Fsp3) is 0.150. The van der Waals surface area contributed by atoms with Crippen LogP contribution in [0, 0.1) is 19.7 Å². The van der Waals surface area contributed by atoms with Gasteiger partial charge in [-0.25, -0.2) is 14.1 Å². The highest BCUT2D eigenvalue weighted by atomic mass is 35.5. The summed E-state index contributed by atoms with van der Waals surface area (Å²) in [4.78, 5) is 17.2. The fourth-order valence-electron chi connectivity index (χ4n) is 2.96. The van der Waals surface area contributed by atoms with E-state index in [0.29, 0.717) is 11.0 Å². The molecule has 0 amide bonds. The number of aryl methyl sites for hydroxylation is 2. The molecule has 0 radical (unpaired) electrons. The van der Waals surface area contributed by atoms with Crippen LogP contribution in [0.15, 0.2) is 53.7 Å². The van der Waals surface area contributed by atoms with E-state index in [0.717, 1.165) is 11.3 Å². The Balaban J connectivity index is 1.80. The first kappa shape index (κ1) is 17.4. The maximum atomic E-state index is 14.0. The van der Waals surface area contributed by atoms with E-state index in [1.807, 2.05) is 32.0 Å². The minimum Gasteiger partial charge on any atom is -0.294 e. The van der Waals surface area contributed by atoms with E-state index in [1.54, 1.807) is 10.7 Å². The number of hydrogen-bond donors (Lipinski definition) is 0. The van der Waals surface area contributed by atoms with Gasteiger partial charge >= 0.3 is 0 Å². The topological polar surface area (TPSA) is 52.7 Å². The van der Waals surface area contributed by atoms with Crippen LogP contribution in [-0.4, -0.2) is 19.3 Å². The van der Waals surface area contributed by atoms with Gasteiger partial charge in [0.05, 0.1) is 18.4 Å². The molecule has 4 rings (SSSR count). The van der Waals surface area contributed by atoms with Gasteiger partial charge in [-0.15, -0.1) is 0 Å². The normalized spacial score (nSPS) is 11.3. The van der Waals surface area contributed by atoms with Gasteiger partial charge in [-0.1, -0.05) is 23.7 Å². The van der Waals surface area contributed by atoms with Gasteiger partial charge in [0.25, 0.3) is 5.56 Å². The molecule has 0 N–H and O–H groups in total. The van der Waals surface area contributed by atoms with Crippen molar-refractivity contribution in [1.82, 2.24) is 19.3 Å². The zero-order chi connectivity index (χ0) is 19.1. The summed E-state index contributed by atoms with van der Waals surface area (Å²) in [6.45, 7) is 4.05. The summed E-state index contributed by atoms with van der Waals surface area (Å²) in [5.41, 5.74) is 3.54. The molecular weight excluding hydrogens is 367 g/mol. The summed E-state index contributed by atoms with van der Waals surface area (Å²) in [7, 11) is 0. The highest BCUT2D eigenvalue weighted by Gasteiger charge is 2.14. The van der Waals surface area contributed by atoms with Crippen molar-refractivity contribution in [2.75, 3.05) is 0 Å². The van der Waals surface area contributed by atoms with Crippen LogP contribution in [0.3, 0.4) is 0 Å². The van der Waals surface area contributed by atoms with Gasteiger partial charge < -0.3 is 0 Å². The molecule has 0 spiro atoms. The predicted octanol–water partition coefficient (Wildman–Crippen LogP) is 4.04. The summed E-state index contributed by atoms with van der Waals surface area (Å²) in [5, 5.41) is 4.96. The van der Waals surface area contributed by atoms with Gasteiger partial charge in [0.1, 0.15) is 17.5 Å². The second-order valence-electron chi connectivity index (χ2n) is 6.44. The van der Waals surface area contributed by atoms with E-state index >= 15 is 0 Å². The van der Waals surface area contributed by atoms with Gasteiger partial charge in [-0.2, -0.15) is 5.10 Å². The maximum absolute atomic E-state index is 14.0. The largest absolute Gasteiger partial charge is 0.294 e. The number of fused-ring (bicyclic) bond motifs is 1. The zero-order valence-electron chi connectivity index (χ0n) is 14.8. The number of benzene rings is 2. The second kappa shape index (κ2) is 6.63. The Labute approximate surface area is 159 Å². The van der Waals surface area contributed by atoms with E-state index in [1.165, 1.54) is 34.8 Å². The molecule has 0 saturated heterocycles.